The van der Waals surface area contributed by atoms with Crippen LogP contribution in [0, 0.1) is 11.3 Å². The molecule has 0 aliphatic carbocycles. The maximum Gasteiger partial charge on any atom is 0.147 e. The number of hydrogen-bond acceptors (Lipinski definition) is 6. The molecule has 0 fully saturated rings. The van der Waals surface area contributed by atoms with Gasteiger partial charge in [-0.05, 0) is 30.3 Å². The quantitative estimate of drug-likeness (QED) is 0.556. The molecule has 5 nitrogen and oxygen atoms in total. The molecular weight excluding hydrogens is 320 g/mol. The van der Waals surface area contributed by atoms with Crippen molar-refractivity contribution in [3.8, 4) is 28.1 Å². The van der Waals surface area contributed by atoms with Crippen molar-refractivity contribution in [3.63, 3.8) is 0 Å². The van der Waals surface area contributed by atoms with Crippen molar-refractivity contribution in [1.29, 1.82) is 5.26 Å². The monoisotopic (exact) mass is 330 g/mol. The van der Waals surface area contributed by atoms with Crippen LogP contribution in [0.25, 0.3) is 20.9 Å². The van der Waals surface area contributed by atoms with Crippen molar-refractivity contribution in [2.45, 2.75) is 0 Å². The summed E-state index contributed by atoms with van der Waals surface area (Å²) in [6, 6.07) is 17.0. The summed E-state index contributed by atoms with van der Waals surface area (Å²) in [7, 11) is 0. The average Bonchev–Trinajstić information content (AvgIpc) is 3.07. The van der Waals surface area contributed by atoms with E-state index in [1.165, 1.54) is 17.7 Å². The molecule has 0 aliphatic rings. The highest BCUT2D eigenvalue weighted by molar-refractivity contribution is 7.21. The zero-order chi connectivity index (χ0) is 16.4. The van der Waals surface area contributed by atoms with Gasteiger partial charge in [-0.15, -0.1) is 0 Å². The summed E-state index contributed by atoms with van der Waals surface area (Å²) >= 11 is 1.47. The largest absolute Gasteiger partial charge is 0.456 e. The van der Waals surface area contributed by atoms with Gasteiger partial charge < -0.3 is 4.74 Å². The van der Waals surface area contributed by atoms with Crippen LogP contribution in [0.15, 0.2) is 61.1 Å². The number of thiazole rings is 1. The Morgan fingerprint density at radius 1 is 1.08 bits per heavy atom. The maximum absolute atomic E-state index is 9.44. The Bertz CT molecular complexity index is 1020. The summed E-state index contributed by atoms with van der Waals surface area (Å²) < 4.78 is 5.79. The van der Waals surface area contributed by atoms with E-state index in [-0.39, 0.29) is 0 Å². The van der Waals surface area contributed by atoms with Gasteiger partial charge in [0.1, 0.15) is 39.3 Å². The smallest absolute Gasteiger partial charge is 0.147 e. The molecule has 2 aromatic carbocycles. The molecular formula is C18H10N4OS. The molecule has 0 saturated carbocycles. The second kappa shape index (κ2) is 6.07. The molecule has 24 heavy (non-hydrogen) atoms. The molecule has 0 radical (unpaired) electrons. The summed E-state index contributed by atoms with van der Waals surface area (Å²) in [6.07, 6.45) is 3.18. The lowest BCUT2D eigenvalue weighted by Crippen LogP contribution is -1.89. The van der Waals surface area contributed by atoms with Crippen LogP contribution in [0.5, 0.6) is 11.5 Å². The van der Waals surface area contributed by atoms with Gasteiger partial charge in [-0.2, -0.15) is 5.26 Å². The minimum absolute atomic E-state index is 0.460. The third-order valence-corrected chi connectivity index (χ3v) is 4.42. The minimum atomic E-state index is 0.460. The van der Waals surface area contributed by atoms with Crippen LogP contribution in [0.3, 0.4) is 0 Å². The molecule has 2 aromatic heterocycles. The third kappa shape index (κ3) is 2.69. The highest BCUT2D eigenvalue weighted by Gasteiger charge is 2.11. The lowest BCUT2D eigenvalue weighted by molar-refractivity contribution is 0.481. The van der Waals surface area contributed by atoms with Crippen LogP contribution in [0.1, 0.15) is 5.56 Å². The van der Waals surface area contributed by atoms with Crippen molar-refractivity contribution in [1.82, 2.24) is 15.0 Å². The number of fused-ring (bicyclic) bond motifs is 1. The Kier molecular flexibility index (Phi) is 3.61. The number of nitriles is 1. The van der Waals surface area contributed by atoms with Gasteiger partial charge in [-0.25, -0.2) is 15.0 Å². The first-order valence-corrected chi connectivity index (χ1v) is 7.99. The van der Waals surface area contributed by atoms with Gasteiger partial charge in [0.05, 0.1) is 11.8 Å². The lowest BCUT2D eigenvalue weighted by atomic mass is 10.1. The van der Waals surface area contributed by atoms with Gasteiger partial charge in [0.15, 0.2) is 0 Å². The van der Waals surface area contributed by atoms with Crippen molar-refractivity contribution in [2.24, 2.45) is 0 Å². The first-order valence-electron chi connectivity index (χ1n) is 7.17. The van der Waals surface area contributed by atoms with Crippen LogP contribution in [-0.4, -0.2) is 15.0 Å². The molecule has 4 aromatic rings. The van der Waals surface area contributed by atoms with Crippen LogP contribution in [0.2, 0.25) is 0 Å². The Hall–Kier alpha value is -3.30. The number of rotatable bonds is 3. The van der Waals surface area contributed by atoms with Crippen molar-refractivity contribution in [2.75, 3.05) is 0 Å². The predicted molar refractivity (Wildman–Crippen MR) is 91.9 cm³/mol. The van der Waals surface area contributed by atoms with E-state index < -0.39 is 0 Å². The van der Waals surface area contributed by atoms with E-state index in [2.05, 4.69) is 21.0 Å². The number of para-hydroxylation sites is 1. The number of ether oxygens (including phenoxy) is 1. The second-order valence-corrected chi connectivity index (χ2v) is 5.95. The molecule has 2 heterocycles. The number of aromatic nitrogens is 3. The zero-order valence-corrected chi connectivity index (χ0v) is 13.2. The molecule has 0 spiro atoms. The number of nitrogens with zero attached hydrogens (tertiary/aromatic N) is 4. The van der Waals surface area contributed by atoms with Crippen LogP contribution < -0.4 is 4.74 Å². The van der Waals surface area contributed by atoms with E-state index in [4.69, 9.17) is 4.74 Å². The van der Waals surface area contributed by atoms with E-state index in [0.717, 1.165) is 20.9 Å². The van der Waals surface area contributed by atoms with Crippen molar-refractivity contribution in [3.05, 3.63) is 66.6 Å². The molecule has 0 aliphatic heterocycles. The molecule has 0 bridgehead atoms. The zero-order valence-electron chi connectivity index (χ0n) is 12.4. The van der Waals surface area contributed by atoms with E-state index in [1.54, 1.807) is 18.3 Å². The predicted octanol–water partition coefficient (Wildman–Crippen LogP) is 4.42. The first-order chi connectivity index (χ1) is 11.8. The first kappa shape index (κ1) is 14.3. The third-order valence-electron chi connectivity index (χ3n) is 3.39. The van der Waals surface area contributed by atoms with Crippen molar-refractivity contribution < 1.29 is 4.74 Å². The van der Waals surface area contributed by atoms with E-state index in [0.29, 0.717) is 17.1 Å². The minimum Gasteiger partial charge on any atom is -0.456 e. The number of benzene rings is 2. The molecule has 0 N–H and O–H groups in total. The molecule has 4 rings (SSSR count). The molecule has 0 unspecified atom stereocenters. The highest BCUT2D eigenvalue weighted by Crippen LogP contribution is 2.32. The van der Waals surface area contributed by atoms with Gasteiger partial charge in [-0.1, -0.05) is 29.5 Å². The Morgan fingerprint density at radius 2 is 1.96 bits per heavy atom. The standard InChI is InChI=1S/C18H10N4OS/c19-9-13-8-12(17-22-15-10-20-11-21-18(15)24-17)6-7-16(13)23-14-4-2-1-3-5-14/h1-8,10-11H. The second-order valence-electron chi connectivity index (χ2n) is 4.97. The van der Waals surface area contributed by atoms with Crippen molar-refractivity contribution >= 4 is 21.7 Å². The van der Waals surface area contributed by atoms with Crippen LogP contribution >= 0.6 is 11.3 Å². The normalized spacial score (nSPS) is 10.5. The highest BCUT2D eigenvalue weighted by atomic mass is 32.1. The van der Waals surface area contributed by atoms with Gasteiger partial charge in [0.25, 0.3) is 0 Å². The van der Waals surface area contributed by atoms with E-state index >= 15 is 0 Å². The number of hydrogen-bond donors (Lipinski definition) is 0. The lowest BCUT2D eigenvalue weighted by Gasteiger charge is -2.08. The summed E-state index contributed by atoms with van der Waals surface area (Å²) in [5, 5.41) is 10.2. The summed E-state index contributed by atoms with van der Waals surface area (Å²) in [6.45, 7) is 0. The topological polar surface area (TPSA) is 71.7 Å². The molecule has 114 valence electrons. The SMILES string of the molecule is N#Cc1cc(-c2nc3cncnc3s2)ccc1Oc1ccccc1. The molecule has 0 atom stereocenters. The van der Waals surface area contributed by atoms with Gasteiger partial charge in [0.2, 0.25) is 0 Å². The Morgan fingerprint density at radius 3 is 2.75 bits per heavy atom. The summed E-state index contributed by atoms with van der Waals surface area (Å²) in [5.41, 5.74) is 2.07. The van der Waals surface area contributed by atoms with E-state index in [9.17, 15) is 5.26 Å². The maximum atomic E-state index is 9.44. The van der Waals surface area contributed by atoms with Crippen LogP contribution in [0.4, 0.5) is 0 Å². The molecule has 0 saturated heterocycles. The fraction of sp³-hybridized carbons (Fsp3) is 0. The Labute approximate surface area is 141 Å². The fourth-order valence-corrected chi connectivity index (χ4v) is 3.14. The molecule has 6 heteroatoms. The molecule has 0 amide bonds. The van der Waals surface area contributed by atoms with Gasteiger partial charge in [-0.3, -0.25) is 0 Å². The average molecular weight is 330 g/mol. The van der Waals surface area contributed by atoms with Gasteiger partial charge in [0, 0.05) is 5.56 Å². The summed E-state index contributed by atoms with van der Waals surface area (Å²) in [4.78, 5) is 13.5. The van der Waals surface area contributed by atoms with Crippen LogP contribution in [-0.2, 0) is 0 Å². The summed E-state index contributed by atoms with van der Waals surface area (Å²) in [5.74, 6) is 1.21. The Balaban J connectivity index is 1.72. The van der Waals surface area contributed by atoms with E-state index in [1.807, 2.05) is 36.4 Å². The van der Waals surface area contributed by atoms with Gasteiger partial charge >= 0.3 is 0 Å². The fourth-order valence-electron chi connectivity index (χ4n) is 2.27.